The molecular formula is C12H11IN2. The van der Waals surface area contributed by atoms with Crippen LogP contribution in [0.1, 0.15) is 5.69 Å². The molecule has 3 heteroatoms. The standard InChI is InChI=1S/C12H11IN2/c1-3-10-11(13)12(14-15(10)2)9-7-5-4-6-8-9/h3-8H,1H2,2H3. The minimum absolute atomic E-state index is 1.02. The largest absolute Gasteiger partial charge is 0.267 e. The summed E-state index contributed by atoms with van der Waals surface area (Å²) in [6.07, 6.45) is 1.83. The van der Waals surface area contributed by atoms with Gasteiger partial charge in [0.2, 0.25) is 0 Å². The molecule has 0 amide bonds. The van der Waals surface area contributed by atoms with Gasteiger partial charge in [0.05, 0.1) is 9.26 Å². The Morgan fingerprint density at radius 1 is 1.33 bits per heavy atom. The number of rotatable bonds is 2. The highest BCUT2D eigenvalue weighted by atomic mass is 127. The highest BCUT2D eigenvalue weighted by Crippen LogP contribution is 2.26. The third-order valence-corrected chi connectivity index (χ3v) is 3.34. The number of nitrogens with zero attached hydrogens (tertiary/aromatic N) is 2. The molecule has 2 rings (SSSR count). The third kappa shape index (κ3) is 1.84. The Kier molecular flexibility index (Phi) is 2.90. The van der Waals surface area contributed by atoms with E-state index in [9.17, 15) is 0 Å². The average molecular weight is 310 g/mol. The molecule has 0 aliphatic heterocycles. The van der Waals surface area contributed by atoms with Gasteiger partial charge in [-0.2, -0.15) is 5.10 Å². The Bertz CT molecular complexity index is 486. The van der Waals surface area contributed by atoms with Gasteiger partial charge in [-0.3, -0.25) is 4.68 Å². The Hall–Kier alpha value is -1.10. The molecule has 0 aliphatic rings. The highest BCUT2D eigenvalue weighted by Gasteiger charge is 2.12. The molecule has 76 valence electrons. The van der Waals surface area contributed by atoms with Crippen LogP contribution in [-0.2, 0) is 7.05 Å². The first-order chi connectivity index (χ1) is 7.24. The molecule has 1 aromatic carbocycles. The summed E-state index contributed by atoms with van der Waals surface area (Å²) in [6, 6.07) is 10.2. The summed E-state index contributed by atoms with van der Waals surface area (Å²) in [7, 11) is 1.94. The van der Waals surface area contributed by atoms with E-state index >= 15 is 0 Å². The zero-order valence-corrected chi connectivity index (χ0v) is 10.6. The van der Waals surface area contributed by atoms with Gasteiger partial charge < -0.3 is 0 Å². The van der Waals surface area contributed by atoms with E-state index in [1.807, 2.05) is 36.0 Å². The van der Waals surface area contributed by atoms with Crippen LogP contribution < -0.4 is 0 Å². The van der Waals surface area contributed by atoms with E-state index in [0.717, 1.165) is 20.5 Å². The van der Waals surface area contributed by atoms with Gasteiger partial charge in [0.25, 0.3) is 0 Å². The van der Waals surface area contributed by atoms with Gasteiger partial charge in [0.1, 0.15) is 5.69 Å². The van der Waals surface area contributed by atoms with Gasteiger partial charge >= 0.3 is 0 Å². The van der Waals surface area contributed by atoms with E-state index < -0.39 is 0 Å². The molecule has 2 nitrogen and oxygen atoms in total. The first kappa shape index (κ1) is 10.4. The van der Waals surface area contributed by atoms with Crippen molar-refractivity contribution in [1.82, 2.24) is 9.78 Å². The van der Waals surface area contributed by atoms with E-state index in [2.05, 4.69) is 46.4 Å². The van der Waals surface area contributed by atoms with Crippen molar-refractivity contribution in [3.63, 3.8) is 0 Å². The summed E-state index contributed by atoms with van der Waals surface area (Å²) in [5.41, 5.74) is 3.23. The van der Waals surface area contributed by atoms with Crippen LogP contribution in [0.4, 0.5) is 0 Å². The Morgan fingerprint density at radius 3 is 2.53 bits per heavy atom. The van der Waals surface area contributed by atoms with Crippen LogP contribution >= 0.6 is 22.6 Å². The lowest BCUT2D eigenvalue weighted by Gasteiger charge is -1.95. The second-order valence-electron chi connectivity index (χ2n) is 3.24. The van der Waals surface area contributed by atoms with Crippen LogP contribution in [0, 0.1) is 3.57 Å². The molecular weight excluding hydrogens is 299 g/mol. The summed E-state index contributed by atoms with van der Waals surface area (Å²) < 4.78 is 3.01. The van der Waals surface area contributed by atoms with Crippen molar-refractivity contribution < 1.29 is 0 Å². The van der Waals surface area contributed by atoms with Gasteiger partial charge in [-0.15, -0.1) is 0 Å². The van der Waals surface area contributed by atoms with Gasteiger partial charge in [-0.1, -0.05) is 36.9 Å². The fourth-order valence-electron chi connectivity index (χ4n) is 1.51. The van der Waals surface area contributed by atoms with Crippen molar-refractivity contribution in [2.45, 2.75) is 0 Å². The van der Waals surface area contributed by atoms with Gasteiger partial charge in [0, 0.05) is 12.6 Å². The first-order valence-corrected chi connectivity index (χ1v) is 5.72. The third-order valence-electron chi connectivity index (χ3n) is 2.27. The maximum absolute atomic E-state index is 4.49. The predicted molar refractivity (Wildman–Crippen MR) is 71.5 cm³/mol. The molecule has 0 saturated heterocycles. The second kappa shape index (κ2) is 4.18. The molecule has 0 spiro atoms. The summed E-state index contributed by atoms with van der Waals surface area (Å²) in [4.78, 5) is 0. The first-order valence-electron chi connectivity index (χ1n) is 4.64. The monoisotopic (exact) mass is 310 g/mol. The number of aryl methyl sites for hydroxylation is 1. The summed E-state index contributed by atoms with van der Waals surface area (Å²) in [6.45, 7) is 3.79. The van der Waals surface area contributed by atoms with Crippen LogP contribution in [0.3, 0.4) is 0 Å². The molecule has 0 atom stereocenters. The summed E-state index contributed by atoms with van der Waals surface area (Å²) >= 11 is 2.31. The minimum Gasteiger partial charge on any atom is -0.267 e. The van der Waals surface area contributed by atoms with Crippen molar-refractivity contribution in [2.75, 3.05) is 0 Å². The van der Waals surface area contributed by atoms with Crippen LogP contribution in [0.15, 0.2) is 36.9 Å². The van der Waals surface area contributed by atoms with E-state index in [-0.39, 0.29) is 0 Å². The number of aromatic nitrogens is 2. The lowest BCUT2D eigenvalue weighted by Crippen LogP contribution is -1.92. The van der Waals surface area contributed by atoms with Crippen LogP contribution in [-0.4, -0.2) is 9.78 Å². The molecule has 2 aromatic rings. The van der Waals surface area contributed by atoms with E-state index in [0.29, 0.717) is 0 Å². The van der Waals surface area contributed by atoms with Gasteiger partial charge in [0.15, 0.2) is 0 Å². The smallest absolute Gasteiger partial charge is 0.106 e. The number of benzene rings is 1. The van der Waals surface area contributed by atoms with Crippen molar-refractivity contribution in [3.8, 4) is 11.3 Å². The highest BCUT2D eigenvalue weighted by molar-refractivity contribution is 14.1. The van der Waals surface area contributed by atoms with Gasteiger partial charge in [-0.25, -0.2) is 0 Å². The Labute approximate surface area is 103 Å². The van der Waals surface area contributed by atoms with E-state index in [4.69, 9.17) is 0 Å². The molecule has 0 aliphatic carbocycles. The summed E-state index contributed by atoms with van der Waals surface area (Å²) in [5, 5.41) is 4.49. The van der Waals surface area contributed by atoms with Crippen molar-refractivity contribution in [3.05, 3.63) is 46.2 Å². The van der Waals surface area contributed by atoms with Crippen LogP contribution in [0.5, 0.6) is 0 Å². The average Bonchev–Trinajstić information content (AvgIpc) is 2.55. The summed E-state index contributed by atoms with van der Waals surface area (Å²) in [5.74, 6) is 0. The molecule has 0 fully saturated rings. The van der Waals surface area contributed by atoms with Crippen molar-refractivity contribution >= 4 is 28.7 Å². The fraction of sp³-hybridized carbons (Fsp3) is 0.0833. The van der Waals surface area contributed by atoms with Crippen molar-refractivity contribution in [1.29, 1.82) is 0 Å². The lowest BCUT2D eigenvalue weighted by molar-refractivity contribution is 0.762. The van der Waals surface area contributed by atoms with E-state index in [1.165, 1.54) is 0 Å². The topological polar surface area (TPSA) is 17.8 Å². The molecule has 0 N–H and O–H groups in total. The zero-order chi connectivity index (χ0) is 10.8. The molecule has 1 aromatic heterocycles. The SMILES string of the molecule is C=Cc1c(I)c(-c2ccccc2)nn1C. The number of hydrogen-bond donors (Lipinski definition) is 0. The molecule has 0 unspecified atom stereocenters. The quantitative estimate of drug-likeness (QED) is 0.778. The van der Waals surface area contributed by atoms with E-state index in [1.54, 1.807) is 0 Å². The number of halogens is 1. The molecule has 0 radical (unpaired) electrons. The molecule has 0 bridgehead atoms. The van der Waals surface area contributed by atoms with Crippen molar-refractivity contribution in [2.24, 2.45) is 7.05 Å². The normalized spacial score (nSPS) is 10.3. The Balaban J connectivity index is 2.60. The molecule has 1 heterocycles. The second-order valence-corrected chi connectivity index (χ2v) is 4.32. The molecule has 0 saturated carbocycles. The van der Waals surface area contributed by atoms with Crippen LogP contribution in [0.2, 0.25) is 0 Å². The number of hydrogen-bond acceptors (Lipinski definition) is 1. The zero-order valence-electron chi connectivity index (χ0n) is 8.44. The Morgan fingerprint density at radius 2 is 2.00 bits per heavy atom. The lowest BCUT2D eigenvalue weighted by atomic mass is 10.1. The van der Waals surface area contributed by atoms with Crippen LogP contribution in [0.25, 0.3) is 17.3 Å². The maximum Gasteiger partial charge on any atom is 0.106 e. The fourth-order valence-corrected chi connectivity index (χ4v) is 2.50. The predicted octanol–water partition coefficient (Wildman–Crippen LogP) is 3.33. The van der Waals surface area contributed by atoms with Gasteiger partial charge in [-0.05, 0) is 28.7 Å². The maximum atomic E-state index is 4.49. The minimum atomic E-state index is 1.02. The molecule has 15 heavy (non-hydrogen) atoms.